The van der Waals surface area contributed by atoms with Gasteiger partial charge in [-0.2, -0.15) is 0 Å². The van der Waals surface area contributed by atoms with Crippen molar-refractivity contribution in [2.45, 2.75) is 19.8 Å². The van der Waals surface area contributed by atoms with E-state index < -0.39 is 0 Å². The molecule has 16 heavy (non-hydrogen) atoms. The van der Waals surface area contributed by atoms with Crippen LogP contribution in [0.15, 0.2) is 12.1 Å². The van der Waals surface area contributed by atoms with E-state index in [9.17, 15) is 0 Å². The fourth-order valence-corrected chi connectivity index (χ4v) is 1.68. The van der Waals surface area contributed by atoms with E-state index in [4.69, 9.17) is 20.6 Å². The summed E-state index contributed by atoms with van der Waals surface area (Å²) < 4.78 is 16.1. The molecule has 0 aromatic heterocycles. The first kappa shape index (κ1) is 10.7. The number of hydrogen-bond donors (Lipinski definition) is 0. The molecule has 0 bridgehead atoms. The van der Waals surface area contributed by atoms with Gasteiger partial charge in [0.15, 0.2) is 11.5 Å². The standard InChI is InChI=1S/C13H14O3/c1-3-5-10-7-12-13(16-9-15-12)8-11(10)14-6-4-2/h2,7-8H,3,5-6,9H2,1H3. The molecule has 0 saturated heterocycles. The maximum absolute atomic E-state index is 5.49. The average molecular weight is 218 g/mol. The van der Waals surface area contributed by atoms with Crippen LogP contribution in [0.1, 0.15) is 18.9 Å². The number of terminal acetylenes is 1. The summed E-state index contributed by atoms with van der Waals surface area (Å²) in [5.74, 6) is 4.77. The predicted molar refractivity (Wildman–Crippen MR) is 60.9 cm³/mol. The molecule has 0 unspecified atom stereocenters. The third-order valence-corrected chi connectivity index (χ3v) is 2.39. The van der Waals surface area contributed by atoms with Crippen molar-refractivity contribution in [2.24, 2.45) is 0 Å². The highest BCUT2D eigenvalue weighted by Gasteiger charge is 2.17. The molecule has 1 aromatic rings. The Bertz CT molecular complexity index is 418. The number of ether oxygens (including phenoxy) is 3. The SMILES string of the molecule is C#CCOc1cc2c(cc1CCC)OCO2. The molecule has 0 radical (unpaired) electrons. The van der Waals surface area contributed by atoms with Crippen LogP contribution in [0.5, 0.6) is 17.2 Å². The molecule has 1 aliphatic rings. The van der Waals surface area contributed by atoms with Crippen molar-refractivity contribution < 1.29 is 14.2 Å². The summed E-state index contributed by atoms with van der Waals surface area (Å²) in [5, 5.41) is 0. The molecule has 84 valence electrons. The second kappa shape index (κ2) is 4.80. The number of hydrogen-bond acceptors (Lipinski definition) is 3. The van der Waals surface area contributed by atoms with Gasteiger partial charge in [-0.05, 0) is 18.1 Å². The van der Waals surface area contributed by atoms with Crippen molar-refractivity contribution in [1.29, 1.82) is 0 Å². The van der Waals surface area contributed by atoms with Gasteiger partial charge in [-0.1, -0.05) is 19.3 Å². The summed E-state index contributed by atoms with van der Waals surface area (Å²) in [7, 11) is 0. The predicted octanol–water partition coefficient (Wildman–Crippen LogP) is 2.38. The maximum Gasteiger partial charge on any atom is 0.231 e. The zero-order chi connectivity index (χ0) is 11.4. The van der Waals surface area contributed by atoms with Gasteiger partial charge < -0.3 is 14.2 Å². The van der Waals surface area contributed by atoms with Crippen LogP contribution in [0.3, 0.4) is 0 Å². The van der Waals surface area contributed by atoms with Crippen LogP contribution in [-0.4, -0.2) is 13.4 Å². The molecular weight excluding hydrogens is 204 g/mol. The zero-order valence-electron chi connectivity index (χ0n) is 9.29. The molecule has 0 amide bonds. The molecular formula is C13H14O3. The number of aryl methyl sites for hydroxylation is 1. The van der Waals surface area contributed by atoms with Crippen LogP contribution in [0, 0.1) is 12.3 Å². The topological polar surface area (TPSA) is 27.7 Å². The Kier molecular flexibility index (Phi) is 3.21. The van der Waals surface area contributed by atoms with Crippen LogP contribution in [0.2, 0.25) is 0 Å². The van der Waals surface area contributed by atoms with Crippen LogP contribution in [0.25, 0.3) is 0 Å². The number of fused-ring (bicyclic) bond motifs is 1. The van der Waals surface area contributed by atoms with Gasteiger partial charge in [0.05, 0.1) is 0 Å². The quantitative estimate of drug-likeness (QED) is 0.726. The smallest absolute Gasteiger partial charge is 0.231 e. The summed E-state index contributed by atoms with van der Waals surface area (Å²) in [5.41, 5.74) is 1.11. The Labute approximate surface area is 95.3 Å². The molecule has 3 heteroatoms. The van der Waals surface area contributed by atoms with Crippen LogP contribution in [-0.2, 0) is 6.42 Å². The van der Waals surface area contributed by atoms with E-state index in [1.54, 1.807) is 0 Å². The Morgan fingerprint density at radius 1 is 1.38 bits per heavy atom. The lowest BCUT2D eigenvalue weighted by Crippen LogP contribution is -1.98. The summed E-state index contributed by atoms with van der Waals surface area (Å²) >= 11 is 0. The molecule has 0 fully saturated rings. The molecule has 0 spiro atoms. The lowest BCUT2D eigenvalue weighted by atomic mass is 10.1. The molecule has 0 N–H and O–H groups in total. The first-order chi connectivity index (χ1) is 7.85. The molecule has 0 saturated carbocycles. The van der Waals surface area contributed by atoms with Gasteiger partial charge in [-0.15, -0.1) is 6.42 Å². The van der Waals surface area contributed by atoms with Crippen molar-refractivity contribution >= 4 is 0 Å². The second-order valence-corrected chi connectivity index (χ2v) is 3.56. The van der Waals surface area contributed by atoms with Gasteiger partial charge in [-0.3, -0.25) is 0 Å². The van der Waals surface area contributed by atoms with E-state index in [-0.39, 0.29) is 13.4 Å². The van der Waals surface area contributed by atoms with Gasteiger partial charge in [0, 0.05) is 6.07 Å². The van der Waals surface area contributed by atoms with Crippen LogP contribution in [0.4, 0.5) is 0 Å². The van der Waals surface area contributed by atoms with Gasteiger partial charge in [0.1, 0.15) is 12.4 Å². The van der Waals surface area contributed by atoms with E-state index in [1.165, 1.54) is 0 Å². The van der Waals surface area contributed by atoms with Crippen molar-refractivity contribution in [3.63, 3.8) is 0 Å². The average Bonchev–Trinajstić information content (AvgIpc) is 2.73. The summed E-state index contributed by atoms with van der Waals surface area (Å²) in [6.45, 7) is 2.67. The first-order valence-corrected chi connectivity index (χ1v) is 5.34. The minimum absolute atomic E-state index is 0.274. The van der Waals surface area contributed by atoms with E-state index in [2.05, 4.69) is 12.8 Å². The lowest BCUT2D eigenvalue weighted by Gasteiger charge is -2.10. The van der Waals surface area contributed by atoms with Crippen LogP contribution < -0.4 is 14.2 Å². The van der Waals surface area contributed by atoms with E-state index in [0.29, 0.717) is 0 Å². The van der Waals surface area contributed by atoms with Gasteiger partial charge in [0.2, 0.25) is 6.79 Å². The van der Waals surface area contributed by atoms with Crippen molar-refractivity contribution in [3.05, 3.63) is 17.7 Å². The van der Waals surface area contributed by atoms with Gasteiger partial charge >= 0.3 is 0 Å². The summed E-state index contributed by atoms with van der Waals surface area (Å²) in [4.78, 5) is 0. The molecule has 1 aromatic carbocycles. The number of benzene rings is 1. The maximum atomic E-state index is 5.49. The van der Waals surface area contributed by atoms with E-state index >= 15 is 0 Å². The Morgan fingerprint density at radius 3 is 2.81 bits per heavy atom. The Hall–Kier alpha value is -1.82. The number of rotatable bonds is 4. The molecule has 3 nitrogen and oxygen atoms in total. The highest BCUT2D eigenvalue weighted by atomic mass is 16.7. The molecule has 1 heterocycles. The van der Waals surface area contributed by atoms with Crippen LogP contribution >= 0.6 is 0 Å². The Morgan fingerprint density at radius 2 is 2.12 bits per heavy atom. The zero-order valence-corrected chi connectivity index (χ0v) is 9.29. The third kappa shape index (κ3) is 2.06. The lowest BCUT2D eigenvalue weighted by molar-refractivity contribution is 0.174. The fraction of sp³-hybridized carbons (Fsp3) is 0.385. The second-order valence-electron chi connectivity index (χ2n) is 3.56. The fourth-order valence-electron chi connectivity index (χ4n) is 1.68. The molecule has 0 aliphatic carbocycles. The van der Waals surface area contributed by atoms with Crippen molar-refractivity contribution in [3.8, 4) is 29.6 Å². The first-order valence-electron chi connectivity index (χ1n) is 5.34. The third-order valence-electron chi connectivity index (χ3n) is 2.39. The largest absolute Gasteiger partial charge is 0.481 e. The monoisotopic (exact) mass is 218 g/mol. The molecule has 2 rings (SSSR count). The molecule has 0 atom stereocenters. The highest BCUT2D eigenvalue weighted by molar-refractivity contribution is 5.52. The highest BCUT2D eigenvalue weighted by Crippen LogP contribution is 2.38. The normalized spacial score (nSPS) is 12.2. The summed E-state index contributed by atoms with van der Waals surface area (Å²) in [6.07, 6.45) is 7.17. The molecule has 1 aliphatic heterocycles. The minimum atomic E-state index is 0.274. The Balaban J connectivity index is 2.29. The van der Waals surface area contributed by atoms with Crippen molar-refractivity contribution in [2.75, 3.05) is 13.4 Å². The van der Waals surface area contributed by atoms with E-state index in [1.807, 2.05) is 12.1 Å². The minimum Gasteiger partial charge on any atom is -0.481 e. The van der Waals surface area contributed by atoms with Gasteiger partial charge in [-0.25, -0.2) is 0 Å². The van der Waals surface area contributed by atoms with Crippen molar-refractivity contribution in [1.82, 2.24) is 0 Å². The van der Waals surface area contributed by atoms with E-state index in [0.717, 1.165) is 35.7 Å². The van der Waals surface area contributed by atoms with Gasteiger partial charge in [0.25, 0.3) is 0 Å². The summed E-state index contributed by atoms with van der Waals surface area (Å²) in [6, 6.07) is 3.82.